The van der Waals surface area contributed by atoms with Crippen LogP contribution in [-0.4, -0.2) is 43.0 Å². The molecule has 98 valence electrons. The van der Waals surface area contributed by atoms with E-state index in [1.807, 2.05) is 30.0 Å². The van der Waals surface area contributed by atoms with Gasteiger partial charge in [-0.1, -0.05) is 25.1 Å². The number of anilines is 1. The number of piperazine rings is 1. The van der Waals surface area contributed by atoms with Crippen LogP contribution in [0.5, 0.6) is 0 Å². The smallest absolute Gasteiger partial charge is 0.239 e. The Kier molecular flexibility index (Phi) is 4.20. The van der Waals surface area contributed by atoms with Crippen LogP contribution in [0, 0.1) is 0 Å². The van der Waals surface area contributed by atoms with Crippen LogP contribution in [0.25, 0.3) is 0 Å². The van der Waals surface area contributed by atoms with Gasteiger partial charge in [-0.3, -0.25) is 4.79 Å². The maximum atomic E-state index is 12.0. The molecule has 0 aromatic heterocycles. The predicted octanol–water partition coefficient (Wildman–Crippen LogP) is 1.07. The number of nitrogens with two attached hydrogens (primary N) is 1. The predicted molar refractivity (Wildman–Crippen MR) is 73.5 cm³/mol. The van der Waals surface area contributed by atoms with Crippen molar-refractivity contribution in [1.82, 2.24) is 4.90 Å². The Hall–Kier alpha value is -1.55. The number of para-hydroxylation sites is 1. The summed E-state index contributed by atoms with van der Waals surface area (Å²) in [7, 11) is 0. The number of carbonyl (C=O) groups excluding carboxylic acids is 1. The van der Waals surface area contributed by atoms with Crippen LogP contribution in [0.15, 0.2) is 30.3 Å². The first kappa shape index (κ1) is 12.9. The molecule has 1 aromatic rings. The number of nitrogens with zero attached hydrogens (tertiary/aromatic N) is 2. The second-order valence-corrected chi connectivity index (χ2v) is 4.66. The van der Waals surface area contributed by atoms with Crippen molar-refractivity contribution in [3.8, 4) is 0 Å². The third kappa shape index (κ3) is 2.82. The summed E-state index contributed by atoms with van der Waals surface area (Å²) in [6.07, 6.45) is 0.706. The van der Waals surface area contributed by atoms with Gasteiger partial charge in [-0.2, -0.15) is 0 Å². The summed E-state index contributed by atoms with van der Waals surface area (Å²) in [6, 6.07) is 9.97. The average Bonchev–Trinajstić information content (AvgIpc) is 2.47. The molecule has 4 nitrogen and oxygen atoms in total. The van der Waals surface area contributed by atoms with E-state index in [1.165, 1.54) is 5.69 Å². The van der Waals surface area contributed by atoms with Crippen LogP contribution in [0.1, 0.15) is 13.3 Å². The summed E-state index contributed by atoms with van der Waals surface area (Å²) in [5.74, 6) is 0.0882. The van der Waals surface area contributed by atoms with Gasteiger partial charge in [0.05, 0.1) is 6.04 Å². The molecule has 1 atom stereocenters. The Morgan fingerprint density at radius 2 is 1.83 bits per heavy atom. The van der Waals surface area contributed by atoms with E-state index in [0.717, 1.165) is 26.2 Å². The van der Waals surface area contributed by atoms with E-state index < -0.39 is 0 Å². The number of benzene rings is 1. The van der Waals surface area contributed by atoms with E-state index in [0.29, 0.717) is 6.42 Å². The summed E-state index contributed by atoms with van der Waals surface area (Å²) < 4.78 is 0. The molecule has 1 heterocycles. The Morgan fingerprint density at radius 1 is 1.22 bits per heavy atom. The zero-order chi connectivity index (χ0) is 13.0. The van der Waals surface area contributed by atoms with Crippen LogP contribution >= 0.6 is 0 Å². The van der Waals surface area contributed by atoms with Gasteiger partial charge < -0.3 is 15.5 Å². The molecule has 1 saturated heterocycles. The first-order valence-electron chi connectivity index (χ1n) is 6.56. The summed E-state index contributed by atoms with van der Waals surface area (Å²) >= 11 is 0. The number of carbonyl (C=O) groups is 1. The molecule has 1 unspecified atom stereocenters. The fraction of sp³-hybridized carbons (Fsp3) is 0.500. The van der Waals surface area contributed by atoms with Crippen molar-refractivity contribution < 1.29 is 4.79 Å². The lowest BCUT2D eigenvalue weighted by atomic mass is 10.2. The molecule has 2 N–H and O–H groups in total. The monoisotopic (exact) mass is 247 g/mol. The molecule has 1 fully saturated rings. The number of rotatable bonds is 3. The summed E-state index contributed by atoms with van der Waals surface area (Å²) in [5.41, 5.74) is 7.01. The molecule has 2 rings (SSSR count). The van der Waals surface area contributed by atoms with Gasteiger partial charge >= 0.3 is 0 Å². The molecular weight excluding hydrogens is 226 g/mol. The molecule has 0 saturated carbocycles. The molecule has 1 aliphatic rings. The Balaban J connectivity index is 1.90. The van der Waals surface area contributed by atoms with E-state index in [9.17, 15) is 4.79 Å². The Morgan fingerprint density at radius 3 is 2.39 bits per heavy atom. The maximum absolute atomic E-state index is 12.0. The van der Waals surface area contributed by atoms with Gasteiger partial charge in [-0.25, -0.2) is 0 Å². The van der Waals surface area contributed by atoms with E-state index in [2.05, 4.69) is 17.0 Å². The van der Waals surface area contributed by atoms with Gasteiger partial charge in [0.25, 0.3) is 0 Å². The number of hydrogen-bond donors (Lipinski definition) is 1. The lowest BCUT2D eigenvalue weighted by molar-refractivity contribution is -0.132. The third-order valence-corrected chi connectivity index (χ3v) is 3.47. The Bertz CT molecular complexity index is 385. The van der Waals surface area contributed by atoms with Crippen LogP contribution < -0.4 is 10.6 Å². The summed E-state index contributed by atoms with van der Waals surface area (Å²) in [5, 5.41) is 0. The highest BCUT2D eigenvalue weighted by Gasteiger charge is 2.24. The number of hydrogen-bond acceptors (Lipinski definition) is 3. The highest BCUT2D eigenvalue weighted by molar-refractivity contribution is 5.81. The van der Waals surface area contributed by atoms with Crippen LogP contribution in [0.2, 0.25) is 0 Å². The van der Waals surface area contributed by atoms with Gasteiger partial charge in [0, 0.05) is 31.9 Å². The van der Waals surface area contributed by atoms with Gasteiger partial charge in [0.1, 0.15) is 0 Å². The molecule has 0 spiro atoms. The van der Waals surface area contributed by atoms with Crippen molar-refractivity contribution in [2.45, 2.75) is 19.4 Å². The number of amides is 1. The second kappa shape index (κ2) is 5.87. The molecule has 1 aromatic carbocycles. The van der Waals surface area contributed by atoms with E-state index in [4.69, 9.17) is 5.73 Å². The topological polar surface area (TPSA) is 49.6 Å². The largest absolute Gasteiger partial charge is 0.368 e. The van der Waals surface area contributed by atoms with Crippen molar-refractivity contribution in [2.24, 2.45) is 5.73 Å². The zero-order valence-electron chi connectivity index (χ0n) is 10.9. The van der Waals surface area contributed by atoms with Crippen LogP contribution in [0.3, 0.4) is 0 Å². The summed E-state index contributed by atoms with van der Waals surface area (Å²) in [4.78, 5) is 16.1. The normalized spacial score (nSPS) is 17.7. The van der Waals surface area contributed by atoms with Gasteiger partial charge in [0.2, 0.25) is 5.91 Å². The van der Waals surface area contributed by atoms with Crippen molar-refractivity contribution in [2.75, 3.05) is 31.1 Å². The van der Waals surface area contributed by atoms with Crippen molar-refractivity contribution in [3.05, 3.63) is 30.3 Å². The molecule has 4 heteroatoms. The van der Waals surface area contributed by atoms with Crippen molar-refractivity contribution in [1.29, 1.82) is 0 Å². The lowest BCUT2D eigenvalue weighted by Crippen LogP contribution is -2.53. The minimum Gasteiger partial charge on any atom is -0.368 e. The molecule has 1 amide bonds. The van der Waals surface area contributed by atoms with Crippen LogP contribution in [0.4, 0.5) is 5.69 Å². The molecule has 0 radical (unpaired) electrons. The molecule has 18 heavy (non-hydrogen) atoms. The Labute approximate surface area is 108 Å². The fourth-order valence-corrected chi connectivity index (χ4v) is 2.23. The highest BCUT2D eigenvalue weighted by Crippen LogP contribution is 2.15. The summed E-state index contributed by atoms with van der Waals surface area (Å²) in [6.45, 7) is 5.24. The maximum Gasteiger partial charge on any atom is 0.239 e. The zero-order valence-corrected chi connectivity index (χ0v) is 10.9. The molecule has 1 aliphatic heterocycles. The minimum atomic E-state index is -0.340. The van der Waals surface area contributed by atoms with Crippen molar-refractivity contribution in [3.63, 3.8) is 0 Å². The SMILES string of the molecule is CCC(N)C(=O)N1CCN(c2ccccc2)CC1. The highest BCUT2D eigenvalue weighted by atomic mass is 16.2. The lowest BCUT2D eigenvalue weighted by Gasteiger charge is -2.37. The first-order valence-corrected chi connectivity index (χ1v) is 6.56. The standard InChI is InChI=1S/C14H21N3O/c1-2-13(15)14(18)17-10-8-16(9-11-17)12-6-4-3-5-7-12/h3-7,13H,2,8-11,15H2,1H3. The average molecular weight is 247 g/mol. The third-order valence-electron chi connectivity index (χ3n) is 3.47. The minimum absolute atomic E-state index is 0.0882. The second-order valence-electron chi connectivity index (χ2n) is 4.66. The van der Waals surface area contributed by atoms with Gasteiger partial charge in [-0.05, 0) is 18.6 Å². The first-order chi connectivity index (χ1) is 8.72. The van der Waals surface area contributed by atoms with E-state index in [1.54, 1.807) is 0 Å². The van der Waals surface area contributed by atoms with Gasteiger partial charge in [-0.15, -0.1) is 0 Å². The molecular formula is C14H21N3O. The fourth-order valence-electron chi connectivity index (χ4n) is 2.23. The molecule has 0 bridgehead atoms. The van der Waals surface area contributed by atoms with E-state index in [-0.39, 0.29) is 11.9 Å². The van der Waals surface area contributed by atoms with Crippen molar-refractivity contribution >= 4 is 11.6 Å². The van der Waals surface area contributed by atoms with E-state index >= 15 is 0 Å². The molecule has 0 aliphatic carbocycles. The van der Waals surface area contributed by atoms with Crippen LogP contribution in [-0.2, 0) is 4.79 Å². The van der Waals surface area contributed by atoms with Gasteiger partial charge in [0.15, 0.2) is 0 Å². The quantitative estimate of drug-likeness (QED) is 0.869.